The second kappa shape index (κ2) is 4.82. The van der Waals surface area contributed by atoms with E-state index in [0.717, 1.165) is 22.2 Å². The molecule has 0 fully saturated rings. The average Bonchev–Trinajstić information content (AvgIpc) is 3.23. The van der Waals surface area contributed by atoms with Crippen LogP contribution in [0, 0.1) is 11.3 Å². The molecule has 6 nitrogen and oxygen atoms in total. The summed E-state index contributed by atoms with van der Waals surface area (Å²) in [5.41, 5.74) is 3.99. The van der Waals surface area contributed by atoms with E-state index < -0.39 is 0 Å². The minimum absolute atomic E-state index is 0.421. The Morgan fingerprint density at radius 1 is 0.955 bits per heavy atom. The molecule has 0 aliphatic rings. The number of nitrogens with zero attached hydrogens (tertiary/aromatic N) is 4. The fourth-order valence-corrected chi connectivity index (χ4v) is 2.21. The summed E-state index contributed by atoms with van der Waals surface area (Å²) in [6.45, 7) is 0. The normalized spacial score (nSPS) is 10.7. The van der Waals surface area contributed by atoms with Gasteiger partial charge in [0.1, 0.15) is 0 Å². The highest BCUT2D eigenvalue weighted by atomic mass is 16.4. The lowest BCUT2D eigenvalue weighted by atomic mass is 10.1. The van der Waals surface area contributed by atoms with Gasteiger partial charge in [-0.05, 0) is 42.5 Å². The van der Waals surface area contributed by atoms with Gasteiger partial charge in [-0.15, -0.1) is 10.2 Å². The molecule has 4 rings (SSSR count). The Bertz CT molecular complexity index is 991. The topological polar surface area (TPSA) is 91.4 Å². The summed E-state index contributed by atoms with van der Waals surface area (Å²) in [7, 11) is 0. The maximum absolute atomic E-state index is 8.81. The molecule has 2 aromatic heterocycles. The van der Waals surface area contributed by atoms with Gasteiger partial charge >= 0.3 is 0 Å². The van der Waals surface area contributed by atoms with E-state index in [1.54, 1.807) is 30.6 Å². The zero-order valence-corrected chi connectivity index (χ0v) is 11.3. The fourth-order valence-electron chi connectivity index (χ4n) is 2.21. The minimum atomic E-state index is 0.421. The highest BCUT2D eigenvalue weighted by Crippen LogP contribution is 2.25. The quantitative estimate of drug-likeness (QED) is 0.611. The van der Waals surface area contributed by atoms with Crippen molar-refractivity contribution in [3.8, 4) is 29.0 Å². The van der Waals surface area contributed by atoms with E-state index in [2.05, 4.69) is 26.2 Å². The van der Waals surface area contributed by atoms with Crippen LogP contribution in [-0.2, 0) is 0 Å². The van der Waals surface area contributed by atoms with Crippen LogP contribution in [0.25, 0.3) is 33.9 Å². The van der Waals surface area contributed by atoms with E-state index in [0.29, 0.717) is 17.3 Å². The highest BCUT2D eigenvalue weighted by molar-refractivity contribution is 5.79. The van der Waals surface area contributed by atoms with Crippen LogP contribution < -0.4 is 0 Å². The minimum Gasteiger partial charge on any atom is -0.416 e. The summed E-state index contributed by atoms with van der Waals surface area (Å²) in [6, 6.07) is 14.8. The SMILES string of the molecule is N#Cc1ccc(-c2nnc(-c3ccc4nc[nH]c4c3)o2)cc1. The number of aromatic nitrogens is 4. The molecule has 0 radical (unpaired) electrons. The number of hydrogen-bond donors (Lipinski definition) is 1. The van der Waals surface area contributed by atoms with Crippen LogP contribution in [0.1, 0.15) is 5.56 Å². The van der Waals surface area contributed by atoms with Crippen molar-refractivity contribution >= 4 is 11.0 Å². The first-order valence-electron chi connectivity index (χ1n) is 6.61. The zero-order valence-electron chi connectivity index (χ0n) is 11.3. The number of H-pyrrole nitrogens is 1. The van der Waals surface area contributed by atoms with E-state index in [1.165, 1.54) is 0 Å². The molecule has 6 heteroatoms. The Kier molecular flexibility index (Phi) is 2.70. The molecule has 0 unspecified atom stereocenters. The molecule has 0 amide bonds. The van der Waals surface area contributed by atoms with Crippen molar-refractivity contribution in [1.29, 1.82) is 5.26 Å². The number of rotatable bonds is 2. The van der Waals surface area contributed by atoms with Crippen LogP contribution in [0.15, 0.2) is 53.2 Å². The van der Waals surface area contributed by atoms with Gasteiger partial charge in [-0.25, -0.2) is 4.98 Å². The first-order valence-corrected chi connectivity index (χ1v) is 6.61. The first kappa shape index (κ1) is 12.3. The molecule has 22 heavy (non-hydrogen) atoms. The summed E-state index contributed by atoms with van der Waals surface area (Å²) in [6.07, 6.45) is 1.64. The monoisotopic (exact) mass is 287 g/mol. The average molecular weight is 287 g/mol. The van der Waals surface area contributed by atoms with E-state index in [9.17, 15) is 0 Å². The van der Waals surface area contributed by atoms with Crippen LogP contribution in [-0.4, -0.2) is 20.2 Å². The Balaban J connectivity index is 1.72. The van der Waals surface area contributed by atoms with Gasteiger partial charge in [-0.1, -0.05) is 0 Å². The number of aromatic amines is 1. The third-order valence-corrected chi connectivity index (χ3v) is 3.35. The van der Waals surface area contributed by atoms with Gasteiger partial charge in [0.05, 0.1) is 29.0 Å². The maximum atomic E-state index is 8.81. The van der Waals surface area contributed by atoms with Gasteiger partial charge in [-0.3, -0.25) is 0 Å². The highest BCUT2D eigenvalue weighted by Gasteiger charge is 2.11. The Hall–Kier alpha value is -3.46. The van der Waals surface area contributed by atoms with Gasteiger partial charge in [0, 0.05) is 11.1 Å². The molecular weight excluding hydrogens is 278 g/mol. The van der Waals surface area contributed by atoms with Gasteiger partial charge in [0.15, 0.2) is 0 Å². The molecule has 2 aromatic carbocycles. The summed E-state index contributed by atoms with van der Waals surface area (Å²) in [5.74, 6) is 0.861. The van der Waals surface area contributed by atoms with Crippen molar-refractivity contribution < 1.29 is 4.42 Å². The fraction of sp³-hybridized carbons (Fsp3) is 0. The third kappa shape index (κ3) is 2.01. The standard InChI is InChI=1S/C16H9N5O/c17-8-10-1-3-11(4-2-10)15-20-21-16(22-15)12-5-6-13-14(7-12)19-9-18-13/h1-7,9H,(H,18,19). The number of nitriles is 1. The van der Waals surface area contributed by atoms with Crippen molar-refractivity contribution in [3.05, 3.63) is 54.4 Å². The summed E-state index contributed by atoms with van der Waals surface area (Å²) < 4.78 is 5.72. The number of benzene rings is 2. The molecule has 0 spiro atoms. The Labute approximate surface area is 125 Å². The van der Waals surface area contributed by atoms with Gasteiger partial charge in [-0.2, -0.15) is 5.26 Å². The van der Waals surface area contributed by atoms with Gasteiger partial charge in [0.2, 0.25) is 11.8 Å². The van der Waals surface area contributed by atoms with Crippen molar-refractivity contribution in [2.45, 2.75) is 0 Å². The first-order chi connectivity index (χ1) is 10.8. The molecule has 0 saturated carbocycles. The molecule has 0 aliphatic heterocycles. The second-order valence-corrected chi connectivity index (χ2v) is 4.74. The summed E-state index contributed by atoms with van der Waals surface area (Å²) >= 11 is 0. The van der Waals surface area contributed by atoms with Crippen molar-refractivity contribution in [1.82, 2.24) is 20.2 Å². The molecule has 2 heterocycles. The summed E-state index contributed by atoms with van der Waals surface area (Å²) in [4.78, 5) is 7.22. The largest absolute Gasteiger partial charge is 0.416 e. The number of fused-ring (bicyclic) bond motifs is 1. The molecule has 104 valence electrons. The smallest absolute Gasteiger partial charge is 0.248 e. The number of nitrogens with one attached hydrogen (secondary N) is 1. The predicted octanol–water partition coefficient (Wildman–Crippen LogP) is 3.15. The molecule has 0 bridgehead atoms. The van der Waals surface area contributed by atoms with E-state index in [1.807, 2.05) is 18.2 Å². The van der Waals surface area contributed by atoms with Crippen LogP contribution in [0.5, 0.6) is 0 Å². The van der Waals surface area contributed by atoms with Crippen molar-refractivity contribution in [2.75, 3.05) is 0 Å². The van der Waals surface area contributed by atoms with Gasteiger partial charge in [0.25, 0.3) is 0 Å². The van der Waals surface area contributed by atoms with E-state index >= 15 is 0 Å². The lowest BCUT2D eigenvalue weighted by Crippen LogP contribution is -1.79. The second-order valence-electron chi connectivity index (χ2n) is 4.74. The van der Waals surface area contributed by atoms with Crippen molar-refractivity contribution in [2.24, 2.45) is 0 Å². The maximum Gasteiger partial charge on any atom is 0.248 e. The van der Waals surface area contributed by atoms with E-state index in [4.69, 9.17) is 9.68 Å². The molecule has 0 atom stereocenters. The molecular formula is C16H9N5O. The van der Waals surface area contributed by atoms with E-state index in [-0.39, 0.29) is 0 Å². The predicted molar refractivity (Wildman–Crippen MR) is 79.5 cm³/mol. The van der Waals surface area contributed by atoms with Crippen LogP contribution in [0.4, 0.5) is 0 Å². The zero-order chi connectivity index (χ0) is 14.9. The van der Waals surface area contributed by atoms with Crippen LogP contribution >= 0.6 is 0 Å². The molecule has 0 saturated heterocycles. The Morgan fingerprint density at radius 2 is 1.68 bits per heavy atom. The molecule has 0 aliphatic carbocycles. The summed E-state index contributed by atoms with van der Waals surface area (Å²) in [5, 5.41) is 17.0. The third-order valence-electron chi connectivity index (χ3n) is 3.35. The Morgan fingerprint density at radius 3 is 2.45 bits per heavy atom. The lowest BCUT2D eigenvalue weighted by molar-refractivity contribution is 0.584. The van der Waals surface area contributed by atoms with Crippen molar-refractivity contribution in [3.63, 3.8) is 0 Å². The lowest BCUT2D eigenvalue weighted by Gasteiger charge is -1.96. The number of imidazole rings is 1. The van der Waals surface area contributed by atoms with Gasteiger partial charge < -0.3 is 9.40 Å². The van der Waals surface area contributed by atoms with Crippen LogP contribution in [0.2, 0.25) is 0 Å². The molecule has 1 N–H and O–H groups in total. The van der Waals surface area contributed by atoms with Crippen LogP contribution in [0.3, 0.4) is 0 Å². The molecule has 4 aromatic rings. The number of hydrogen-bond acceptors (Lipinski definition) is 5.